The van der Waals surface area contributed by atoms with E-state index in [2.05, 4.69) is 10.6 Å². The second kappa shape index (κ2) is 6.57. The fraction of sp³-hybridized carbons (Fsp3) is 0.533. The number of anilines is 1. The lowest BCUT2D eigenvalue weighted by Gasteiger charge is -2.22. The summed E-state index contributed by atoms with van der Waals surface area (Å²) in [5.41, 5.74) is 3.18. The number of benzene rings is 1. The van der Waals surface area contributed by atoms with Gasteiger partial charge >= 0.3 is 6.03 Å². The molecule has 0 radical (unpaired) electrons. The van der Waals surface area contributed by atoms with Crippen molar-refractivity contribution in [1.82, 2.24) is 5.32 Å². The van der Waals surface area contributed by atoms with Crippen molar-refractivity contribution in [2.24, 2.45) is 5.92 Å². The van der Waals surface area contributed by atoms with Gasteiger partial charge in [0.2, 0.25) is 0 Å². The van der Waals surface area contributed by atoms with Gasteiger partial charge < -0.3 is 15.4 Å². The summed E-state index contributed by atoms with van der Waals surface area (Å²) in [6.45, 7) is 6.40. The number of aryl methyl sites for hydroxylation is 1. The third kappa shape index (κ3) is 3.96. The van der Waals surface area contributed by atoms with Crippen LogP contribution < -0.4 is 10.6 Å². The molecular formula is C15H22N2O2. The number of ether oxygens (including phenoxy) is 1. The summed E-state index contributed by atoms with van der Waals surface area (Å²) in [6.07, 6.45) is 2.06. The number of hydrogen-bond donors (Lipinski definition) is 2. The quantitative estimate of drug-likeness (QED) is 0.880. The third-order valence-corrected chi connectivity index (χ3v) is 3.74. The zero-order valence-electron chi connectivity index (χ0n) is 11.7. The molecule has 4 heteroatoms. The van der Waals surface area contributed by atoms with Crippen LogP contribution in [0.1, 0.15) is 24.0 Å². The summed E-state index contributed by atoms with van der Waals surface area (Å²) < 4.78 is 5.30. The Morgan fingerprint density at radius 2 is 2.05 bits per heavy atom. The number of nitrogens with one attached hydrogen (secondary N) is 2. The van der Waals surface area contributed by atoms with Gasteiger partial charge in [0.05, 0.1) is 0 Å². The molecule has 0 spiro atoms. The van der Waals surface area contributed by atoms with Gasteiger partial charge in [-0.2, -0.15) is 0 Å². The van der Waals surface area contributed by atoms with Crippen LogP contribution in [0.5, 0.6) is 0 Å². The molecule has 0 atom stereocenters. The first-order valence-corrected chi connectivity index (χ1v) is 6.85. The molecule has 19 heavy (non-hydrogen) atoms. The highest BCUT2D eigenvalue weighted by molar-refractivity contribution is 5.90. The van der Waals surface area contributed by atoms with E-state index in [0.717, 1.165) is 43.9 Å². The summed E-state index contributed by atoms with van der Waals surface area (Å²) in [7, 11) is 0. The van der Waals surface area contributed by atoms with E-state index in [0.29, 0.717) is 5.92 Å². The number of urea groups is 1. The molecule has 0 unspecified atom stereocenters. The zero-order valence-corrected chi connectivity index (χ0v) is 11.7. The van der Waals surface area contributed by atoms with E-state index in [4.69, 9.17) is 4.74 Å². The highest BCUT2D eigenvalue weighted by Gasteiger charge is 2.14. The Bertz CT molecular complexity index is 440. The van der Waals surface area contributed by atoms with Crippen LogP contribution in [0.2, 0.25) is 0 Å². The maximum absolute atomic E-state index is 11.9. The van der Waals surface area contributed by atoms with Crippen molar-refractivity contribution >= 4 is 11.7 Å². The van der Waals surface area contributed by atoms with Crippen molar-refractivity contribution in [2.75, 3.05) is 25.1 Å². The van der Waals surface area contributed by atoms with Crippen LogP contribution in [0.15, 0.2) is 18.2 Å². The molecule has 1 aromatic carbocycles. The van der Waals surface area contributed by atoms with Gasteiger partial charge in [0.15, 0.2) is 0 Å². The molecule has 1 heterocycles. The molecule has 1 saturated heterocycles. The van der Waals surface area contributed by atoms with Crippen LogP contribution in [0.4, 0.5) is 10.5 Å². The first-order chi connectivity index (χ1) is 9.16. The zero-order chi connectivity index (χ0) is 13.7. The van der Waals surface area contributed by atoms with E-state index < -0.39 is 0 Å². The van der Waals surface area contributed by atoms with Gasteiger partial charge in [-0.15, -0.1) is 0 Å². The highest BCUT2D eigenvalue weighted by Crippen LogP contribution is 2.18. The Kier molecular flexibility index (Phi) is 4.80. The summed E-state index contributed by atoms with van der Waals surface area (Å²) in [5.74, 6) is 0.540. The Hall–Kier alpha value is -1.55. The fourth-order valence-electron chi connectivity index (χ4n) is 2.24. The molecule has 104 valence electrons. The first-order valence-electron chi connectivity index (χ1n) is 6.85. The van der Waals surface area contributed by atoms with Crippen molar-refractivity contribution in [2.45, 2.75) is 26.7 Å². The number of rotatable bonds is 3. The molecule has 1 fully saturated rings. The van der Waals surface area contributed by atoms with Gasteiger partial charge in [0, 0.05) is 25.4 Å². The smallest absolute Gasteiger partial charge is 0.319 e. The van der Waals surface area contributed by atoms with Crippen molar-refractivity contribution in [1.29, 1.82) is 0 Å². The number of carbonyl (C=O) groups excluding carboxylic acids is 1. The minimum absolute atomic E-state index is 0.125. The highest BCUT2D eigenvalue weighted by atomic mass is 16.5. The van der Waals surface area contributed by atoms with Gasteiger partial charge in [-0.05, 0) is 49.8 Å². The molecular weight excluding hydrogens is 240 g/mol. The SMILES string of the molecule is Cc1cccc(NC(=O)NCC2CCOCC2)c1C. The van der Waals surface area contributed by atoms with Gasteiger partial charge in [-0.1, -0.05) is 12.1 Å². The van der Waals surface area contributed by atoms with E-state index in [1.807, 2.05) is 32.0 Å². The van der Waals surface area contributed by atoms with Crippen LogP contribution in [0.25, 0.3) is 0 Å². The largest absolute Gasteiger partial charge is 0.381 e. The average Bonchev–Trinajstić information content (AvgIpc) is 2.43. The lowest BCUT2D eigenvalue weighted by atomic mass is 10.0. The monoisotopic (exact) mass is 262 g/mol. The lowest BCUT2D eigenvalue weighted by molar-refractivity contribution is 0.0671. The second-order valence-corrected chi connectivity index (χ2v) is 5.14. The molecule has 1 aliphatic rings. The van der Waals surface area contributed by atoms with Crippen LogP contribution in [0, 0.1) is 19.8 Å². The molecule has 2 N–H and O–H groups in total. The third-order valence-electron chi connectivity index (χ3n) is 3.74. The maximum atomic E-state index is 11.9. The van der Waals surface area contributed by atoms with Crippen molar-refractivity contribution in [3.8, 4) is 0 Å². The van der Waals surface area contributed by atoms with E-state index in [1.54, 1.807) is 0 Å². The predicted molar refractivity (Wildman–Crippen MR) is 76.5 cm³/mol. The fourth-order valence-corrected chi connectivity index (χ4v) is 2.24. The first kappa shape index (κ1) is 13.9. The molecule has 2 rings (SSSR count). The van der Waals surface area contributed by atoms with Crippen LogP contribution in [-0.4, -0.2) is 25.8 Å². The van der Waals surface area contributed by atoms with E-state index in [1.165, 1.54) is 5.56 Å². The van der Waals surface area contributed by atoms with Crippen LogP contribution >= 0.6 is 0 Å². The van der Waals surface area contributed by atoms with Gasteiger partial charge in [0.1, 0.15) is 0 Å². The second-order valence-electron chi connectivity index (χ2n) is 5.14. The Labute approximate surface area is 114 Å². The van der Waals surface area contributed by atoms with Crippen LogP contribution in [0.3, 0.4) is 0 Å². The summed E-state index contributed by atoms with van der Waals surface area (Å²) in [6, 6.07) is 5.80. The topological polar surface area (TPSA) is 50.4 Å². The molecule has 1 aromatic rings. The molecule has 0 saturated carbocycles. The Morgan fingerprint density at radius 1 is 1.32 bits per heavy atom. The molecule has 0 aliphatic carbocycles. The molecule has 4 nitrogen and oxygen atoms in total. The average molecular weight is 262 g/mol. The number of carbonyl (C=O) groups is 1. The maximum Gasteiger partial charge on any atom is 0.319 e. The van der Waals surface area contributed by atoms with Crippen LogP contribution in [-0.2, 0) is 4.74 Å². The van der Waals surface area contributed by atoms with Gasteiger partial charge in [-0.3, -0.25) is 0 Å². The Balaban J connectivity index is 1.82. The van der Waals surface area contributed by atoms with Gasteiger partial charge in [0.25, 0.3) is 0 Å². The number of amides is 2. The summed E-state index contributed by atoms with van der Waals surface area (Å²) in [4.78, 5) is 11.9. The van der Waals surface area contributed by atoms with E-state index in [-0.39, 0.29) is 6.03 Å². The molecule has 1 aliphatic heterocycles. The van der Waals surface area contributed by atoms with Crippen molar-refractivity contribution in [3.63, 3.8) is 0 Å². The lowest BCUT2D eigenvalue weighted by Crippen LogP contribution is -2.35. The molecule has 2 amide bonds. The van der Waals surface area contributed by atoms with Gasteiger partial charge in [-0.25, -0.2) is 4.79 Å². The standard InChI is InChI=1S/C15H22N2O2/c1-11-4-3-5-14(12(11)2)17-15(18)16-10-13-6-8-19-9-7-13/h3-5,13H,6-10H2,1-2H3,(H2,16,17,18). The van der Waals surface area contributed by atoms with Crippen molar-refractivity contribution < 1.29 is 9.53 Å². The summed E-state index contributed by atoms with van der Waals surface area (Å²) >= 11 is 0. The minimum Gasteiger partial charge on any atom is -0.381 e. The molecule has 0 bridgehead atoms. The van der Waals surface area contributed by atoms with E-state index >= 15 is 0 Å². The van der Waals surface area contributed by atoms with E-state index in [9.17, 15) is 4.79 Å². The Morgan fingerprint density at radius 3 is 2.79 bits per heavy atom. The molecule has 0 aromatic heterocycles. The normalized spacial score (nSPS) is 16.1. The predicted octanol–water partition coefficient (Wildman–Crippen LogP) is 2.85. The summed E-state index contributed by atoms with van der Waals surface area (Å²) in [5, 5.41) is 5.85. The minimum atomic E-state index is -0.125. The van der Waals surface area contributed by atoms with Crippen molar-refractivity contribution in [3.05, 3.63) is 29.3 Å². The number of hydrogen-bond acceptors (Lipinski definition) is 2.